The van der Waals surface area contributed by atoms with Crippen LogP contribution in [0.2, 0.25) is 0 Å². The quantitative estimate of drug-likeness (QED) is 0.771. The molecule has 0 heterocycles. The summed E-state index contributed by atoms with van der Waals surface area (Å²) in [6, 6.07) is 5.95. The number of aromatic hydroxyl groups is 1. The second kappa shape index (κ2) is 7.50. The van der Waals surface area contributed by atoms with Crippen LogP contribution in [-0.2, 0) is 10.0 Å². The standard InChI is InChI=1S/C14H23NO3S/c1-3-5-9-12(8-4-2)15-19(17,18)14-11-7-6-10-13(14)16/h6-7,10-12,15-16H,3-5,8-9H2,1-2H3. The van der Waals surface area contributed by atoms with Gasteiger partial charge < -0.3 is 5.11 Å². The lowest BCUT2D eigenvalue weighted by molar-refractivity contribution is 0.452. The lowest BCUT2D eigenvalue weighted by Crippen LogP contribution is -2.34. The topological polar surface area (TPSA) is 66.4 Å². The third kappa shape index (κ3) is 4.84. The van der Waals surface area contributed by atoms with E-state index in [1.54, 1.807) is 12.1 Å². The average molecular weight is 285 g/mol. The van der Waals surface area contributed by atoms with E-state index in [0.29, 0.717) is 0 Å². The van der Waals surface area contributed by atoms with Gasteiger partial charge in [0.05, 0.1) is 0 Å². The molecule has 4 nitrogen and oxygen atoms in total. The number of sulfonamides is 1. The van der Waals surface area contributed by atoms with E-state index in [9.17, 15) is 13.5 Å². The maximum absolute atomic E-state index is 12.2. The molecule has 0 saturated heterocycles. The zero-order valence-electron chi connectivity index (χ0n) is 11.6. The Morgan fingerprint density at radius 3 is 2.42 bits per heavy atom. The van der Waals surface area contributed by atoms with E-state index in [1.807, 2.05) is 6.92 Å². The van der Waals surface area contributed by atoms with Crippen molar-refractivity contribution in [3.05, 3.63) is 24.3 Å². The van der Waals surface area contributed by atoms with Gasteiger partial charge in [-0.2, -0.15) is 0 Å². The van der Waals surface area contributed by atoms with Crippen LogP contribution in [0.15, 0.2) is 29.2 Å². The van der Waals surface area contributed by atoms with E-state index in [4.69, 9.17) is 0 Å². The van der Waals surface area contributed by atoms with Gasteiger partial charge in [0.25, 0.3) is 0 Å². The first-order valence-corrected chi connectivity index (χ1v) is 8.30. The number of hydrogen-bond acceptors (Lipinski definition) is 3. The van der Waals surface area contributed by atoms with Crippen molar-refractivity contribution in [3.63, 3.8) is 0 Å². The van der Waals surface area contributed by atoms with Crippen molar-refractivity contribution in [1.82, 2.24) is 4.72 Å². The lowest BCUT2D eigenvalue weighted by Gasteiger charge is -2.18. The van der Waals surface area contributed by atoms with Crippen molar-refractivity contribution < 1.29 is 13.5 Å². The molecule has 0 aliphatic rings. The number of benzene rings is 1. The Hall–Kier alpha value is -1.07. The summed E-state index contributed by atoms with van der Waals surface area (Å²) in [7, 11) is -3.64. The molecule has 2 N–H and O–H groups in total. The predicted molar refractivity (Wildman–Crippen MR) is 76.6 cm³/mol. The highest BCUT2D eigenvalue weighted by atomic mass is 32.2. The van der Waals surface area contributed by atoms with Gasteiger partial charge in [-0.25, -0.2) is 13.1 Å². The molecule has 0 amide bonds. The van der Waals surface area contributed by atoms with Crippen molar-refractivity contribution in [2.75, 3.05) is 0 Å². The van der Waals surface area contributed by atoms with E-state index < -0.39 is 10.0 Å². The van der Waals surface area contributed by atoms with Crippen LogP contribution in [0.3, 0.4) is 0 Å². The molecule has 1 rings (SSSR count). The van der Waals surface area contributed by atoms with Crippen molar-refractivity contribution in [2.45, 2.75) is 56.9 Å². The van der Waals surface area contributed by atoms with Gasteiger partial charge in [-0.05, 0) is 25.0 Å². The molecule has 1 aromatic rings. The van der Waals surface area contributed by atoms with Gasteiger partial charge in [-0.15, -0.1) is 0 Å². The molecule has 1 aromatic carbocycles. The summed E-state index contributed by atoms with van der Waals surface area (Å²) in [5.74, 6) is -0.208. The zero-order valence-corrected chi connectivity index (χ0v) is 12.4. The van der Waals surface area contributed by atoms with Crippen LogP contribution in [0.1, 0.15) is 46.0 Å². The van der Waals surface area contributed by atoms with Gasteiger partial charge in [-0.1, -0.05) is 45.2 Å². The zero-order chi connectivity index (χ0) is 14.3. The third-order valence-electron chi connectivity index (χ3n) is 3.02. The number of para-hydroxylation sites is 1. The second-order valence-electron chi connectivity index (χ2n) is 4.72. The highest BCUT2D eigenvalue weighted by Crippen LogP contribution is 2.22. The molecule has 5 heteroatoms. The summed E-state index contributed by atoms with van der Waals surface area (Å²) in [6.45, 7) is 4.12. The van der Waals surface area contributed by atoms with E-state index in [1.165, 1.54) is 12.1 Å². The van der Waals surface area contributed by atoms with E-state index >= 15 is 0 Å². The van der Waals surface area contributed by atoms with Crippen LogP contribution in [-0.4, -0.2) is 19.6 Å². The van der Waals surface area contributed by atoms with Crippen LogP contribution in [0.5, 0.6) is 5.75 Å². The van der Waals surface area contributed by atoms with Crippen LogP contribution >= 0.6 is 0 Å². The minimum Gasteiger partial charge on any atom is -0.507 e. The number of rotatable bonds is 8. The largest absolute Gasteiger partial charge is 0.507 e. The Morgan fingerprint density at radius 2 is 1.84 bits per heavy atom. The minimum atomic E-state index is -3.64. The molecule has 19 heavy (non-hydrogen) atoms. The molecule has 0 bridgehead atoms. The summed E-state index contributed by atoms with van der Waals surface area (Å²) in [6.07, 6.45) is 4.61. The Bertz CT molecular complexity index is 485. The molecule has 1 atom stereocenters. The fourth-order valence-corrected chi connectivity index (χ4v) is 3.43. The SMILES string of the molecule is CCCCC(CCC)NS(=O)(=O)c1ccccc1O. The van der Waals surface area contributed by atoms with Crippen LogP contribution in [0, 0.1) is 0 Å². The summed E-state index contributed by atoms with van der Waals surface area (Å²) < 4.78 is 27.2. The Balaban J connectivity index is 2.85. The molecule has 0 spiro atoms. The number of nitrogens with one attached hydrogen (secondary N) is 1. The second-order valence-corrected chi connectivity index (χ2v) is 6.40. The number of phenolic OH excluding ortho intramolecular Hbond substituents is 1. The molecule has 0 aromatic heterocycles. The summed E-state index contributed by atoms with van der Waals surface area (Å²) >= 11 is 0. The fraction of sp³-hybridized carbons (Fsp3) is 0.571. The van der Waals surface area contributed by atoms with E-state index in [2.05, 4.69) is 11.6 Å². The van der Waals surface area contributed by atoms with Gasteiger partial charge in [0, 0.05) is 6.04 Å². The first-order valence-electron chi connectivity index (χ1n) is 6.81. The summed E-state index contributed by atoms with van der Waals surface area (Å²) in [5.41, 5.74) is 0. The van der Waals surface area contributed by atoms with E-state index in [0.717, 1.165) is 32.1 Å². The van der Waals surface area contributed by atoms with Crippen LogP contribution in [0.25, 0.3) is 0 Å². The molecule has 0 aliphatic carbocycles. The van der Waals surface area contributed by atoms with Crippen molar-refractivity contribution >= 4 is 10.0 Å². The first kappa shape index (κ1) is 16.0. The van der Waals surface area contributed by atoms with Gasteiger partial charge >= 0.3 is 0 Å². The Morgan fingerprint density at radius 1 is 1.16 bits per heavy atom. The predicted octanol–water partition coefficient (Wildman–Crippen LogP) is 3.03. The van der Waals surface area contributed by atoms with Crippen molar-refractivity contribution in [2.24, 2.45) is 0 Å². The van der Waals surface area contributed by atoms with Gasteiger partial charge in [0.2, 0.25) is 10.0 Å². The number of phenols is 1. The first-order chi connectivity index (χ1) is 9.01. The highest BCUT2D eigenvalue weighted by Gasteiger charge is 2.21. The van der Waals surface area contributed by atoms with Gasteiger partial charge in [0.15, 0.2) is 0 Å². The minimum absolute atomic E-state index is 0.0485. The molecule has 108 valence electrons. The highest BCUT2D eigenvalue weighted by molar-refractivity contribution is 7.89. The molecule has 0 radical (unpaired) electrons. The van der Waals surface area contributed by atoms with E-state index in [-0.39, 0.29) is 16.7 Å². The molecular formula is C14H23NO3S. The van der Waals surface area contributed by atoms with Crippen molar-refractivity contribution in [3.8, 4) is 5.75 Å². The van der Waals surface area contributed by atoms with Crippen molar-refractivity contribution in [1.29, 1.82) is 0 Å². The third-order valence-corrected chi connectivity index (χ3v) is 4.59. The maximum Gasteiger partial charge on any atom is 0.244 e. The molecule has 0 aliphatic heterocycles. The lowest BCUT2D eigenvalue weighted by atomic mass is 10.1. The summed E-state index contributed by atoms with van der Waals surface area (Å²) in [5, 5.41) is 9.65. The molecule has 0 fully saturated rings. The molecule has 1 unspecified atom stereocenters. The normalized spacial score (nSPS) is 13.4. The fourth-order valence-electron chi connectivity index (χ4n) is 2.03. The Labute approximate surface area is 115 Å². The van der Waals surface area contributed by atoms with Crippen LogP contribution in [0.4, 0.5) is 0 Å². The number of hydrogen-bond donors (Lipinski definition) is 2. The molecular weight excluding hydrogens is 262 g/mol. The monoisotopic (exact) mass is 285 g/mol. The van der Waals surface area contributed by atoms with Crippen LogP contribution < -0.4 is 4.72 Å². The Kier molecular flexibility index (Phi) is 6.31. The van der Waals surface area contributed by atoms with Gasteiger partial charge in [0.1, 0.15) is 10.6 Å². The molecule has 0 saturated carbocycles. The summed E-state index contributed by atoms with van der Waals surface area (Å²) in [4.78, 5) is -0.0485. The average Bonchev–Trinajstić information content (AvgIpc) is 2.36. The maximum atomic E-state index is 12.2. The number of unbranched alkanes of at least 4 members (excludes halogenated alkanes) is 1. The smallest absolute Gasteiger partial charge is 0.244 e. The van der Waals surface area contributed by atoms with Gasteiger partial charge in [-0.3, -0.25) is 0 Å².